The number of halogens is 1. The summed E-state index contributed by atoms with van der Waals surface area (Å²) >= 11 is 0. The molecule has 7 heteroatoms. The second-order valence-electron chi connectivity index (χ2n) is 7.77. The normalized spacial score (nSPS) is 25.0. The molecule has 0 spiro atoms. The first kappa shape index (κ1) is 20.0. The van der Waals surface area contributed by atoms with Crippen molar-refractivity contribution in [2.24, 2.45) is 11.7 Å². The minimum atomic E-state index is -1.40. The summed E-state index contributed by atoms with van der Waals surface area (Å²) in [5.41, 5.74) is 4.74. The molecule has 6 nitrogen and oxygen atoms in total. The van der Waals surface area contributed by atoms with Crippen LogP contribution in [0.1, 0.15) is 31.2 Å². The van der Waals surface area contributed by atoms with Crippen molar-refractivity contribution in [1.29, 1.82) is 0 Å². The molecule has 2 aliphatic rings. The molecule has 0 unspecified atom stereocenters. The van der Waals surface area contributed by atoms with Gasteiger partial charge in [0.05, 0.1) is 7.11 Å². The number of rotatable bonds is 6. The van der Waals surface area contributed by atoms with E-state index in [1.807, 2.05) is 0 Å². The smallest absolute Gasteiger partial charge is 0.256 e. The largest absolute Gasteiger partial charge is 0.497 e. The zero-order chi connectivity index (χ0) is 19.4. The molecule has 2 aliphatic heterocycles. The third-order valence-electron chi connectivity index (χ3n) is 5.84. The van der Waals surface area contributed by atoms with E-state index in [2.05, 4.69) is 4.90 Å². The summed E-state index contributed by atoms with van der Waals surface area (Å²) in [4.78, 5) is 16.7. The average Bonchev–Trinajstić information content (AvgIpc) is 2.68. The van der Waals surface area contributed by atoms with E-state index < -0.39 is 5.60 Å². The number of piperidine rings is 2. The molecule has 2 fully saturated rings. The molecule has 2 saturated heterocycles. The fourth-order valence-corrected chi connectivity index (χ4v) is 4.12. The Labute approximate surface area is 160 Å². The van der Waals surface area contributed by atoms with Crippen molar-refractivity contribution in [1.82, 2.24) is 9.80 Å². The summed E-state index contributed by atoms with van der Waals surface area (Å²) in [6.45, 7) is 3.38. The Morgan fingerprint density at radius 2 is 2.07 bits per heavy atom. The monoisotopic (exact) mass is 379 g/mol. The van der Waals surface area contributed by atoms with Crippen molar-refractivity contribution in [3.05, 3.63) is 29.6 Å². The maximum Gasteiger partial charge on any atom is 0.256 e. The van der Waals surface area contributed by atoms with E-state index in [0.29, 0.717) is 49.7 Å². The number of aliphatic hydroxyl groups is 1. The second kappa shape index (κ2) is 8.54. The number of nitrogens with zero attached hydrogens (tertiary/aromatic N) is 2. The highest BCUT2D eigenvalue weighted by Gasteiger charge is 2.43. The number of hydrogen-bond donors (Lipinski definition) is 2. The summed E-state index contributed by atoms with van der Waals surface area (Å²) < 4.78 is 19.3. The van der Waals surface area contributed by atoms with Crippen LogP contribution in [-0.4, -0.2) is 66.2 Å². The standard InChI is InChI=1S/C20H30FN3O3/c1-27-17-3-4-18(21)16(11-17)13-24-8-2-7-20(26,19(24)25)14-23-9-5-15(12-22)6-10-23/h3-4,11,15,26H,2,5-10,12-14,22H2,1H3/t20-/m0/s1. The fraction of sp³-hybridized carbons (Fsp3) is 0.650. The summed E-state index contributed by atoms with van der Waals surface area (Å²) in [5.74, 6) is 0.401. The third kappa shape index (κ3) is 4.59. The van der Waals surface area contributed by atoms with Crippen molar-refractivity contribution < 1.29 is 19.0 Å². The number of carbonyl (C=O) groups excluding carboxylic acids is 1. The molecule has 1 aromatic carbocycles. The van der Waals surface area contributed by atoms with Gasteiger partial charge in [-0.1, -0.05) is 0 Å². The van der Waals surface area contributed by atoms with Crippen LogP contribution in [0.4, 0.5) is 4.39 Å². The van der Waals surface area contributed by atoms with Gasteiger partial charge in [0.1, 0.15) is 11.6 Å². The molecule has 1 amide bonds. The van der Waals surface area contributed by atoms with Crippen LogP contribution in [0.5, 0.6) is 5.75 Å². The zero-order valence-corrected chi connectivity index (χ0v) is 16.0. The van der Waals surface area contributed by atoms with Crippen molar-refractivity contribution in [2.75, 3.05) is 39.8 Å². The Bertz CT molecular complexity index is 664. The second-order valence-corrected chi connectivity index (χ2v) is 7.77. The molecule has 0 aromatic heterocycles. The molecule has 0 radical (unpaired) electrons. The molecule has 27 heavy (non-hydrogen) atoms. The summed E-state index contributed by atoms with van der Waals surface area (Å²) in [5, 5.41) is 11.1. The van der Waals surface area contributed by atoms with Crippen LogP contribution in [-0.2, 0) is 11.3 Å². The van der Waals surface area contributed by atoms with Crippen LogP contribution < -0.4 is 10.5 Å². The lowest BCUT2D eigenvalue weighted by molar-refractivity contribution is -0.160. The number of likely N-dealkylation sites (tertiary alicyclic amines) is 2. The summed E-state index contributed by atoms with van der Waals surface area (Å²) in [7, 11) is 1.52. The van der Waals surface area contributed by atoms with Crippen molar-refractivity contribution in [3.8, 4) is 5.75 Å². The molecule has 0 aliphatic carbocycles. The quantitative estimate of drug-likeness (QED) is 0.780. The lowest BCUT2D eigenvalue weighted by Crippen LogP contribution is -2.59. The zero-order valence-electron chi connectivity index (χ0n) is 16.0. The molecule has 0 saturated carbocycles. The summed E-state index contributed by atoms with van der Waals surface area (Å²) in [6.07, 6.45) is 3.14. The fourth-order valence-electron chi connectivity index (χ4n) is 4.12. The maximum atomic E-state index is 14.1. The molecule has 3 rings (SSSR count). The van der Waals surface area contributed by atoms with E-state index in [9.17, 15) is 14.3 Å². The van der Waals surface area contributed by atoms with Gasteiger partial charge in [0.25, 0.3) is 5.91 Å². The van der Waals surface area contributed by atoms with Crippen molar-refractivity contribution in [2.45, 2.75) is 37.8 Å². The number of β-amino-alcohol motifs (C(OH)–C–C–N with tert-alkyl or cyclic N) is 1. The number of nitrogens with two attached hydrogens (primary N) is 1. The Kier molecular flexibility index (Phi) is 6.34. The first-order chi connectivity index (χ1) is 12.9. The van der Waals surface area contributed by atoms with Crippen molar-refractivity contribution in [3.63, 3.8) is 0 Å². The maximum absolute atomic E-state index is 14.1. The van der Waals surface area contributed by atoms with E-state index in [4.69, 9.17) is 10.5 Å². The van der Waals surface area contributed by atoms with Crippen LogP contribution >= 0.6 is 0 Å². The van der Waals surface area contributed by atoms with Gasteiger partial charge < -0.3 is 20.5 Å². The van der Waals surface area contributed by atoms with Gasteiger partial charge >= 0.3 is 0 Å². The van der Waals surface area contributed by atoms with E-state index in [0.717, 1.165) is 25.9 Å². The Balaban J connectivity index is 1.66. The Morgan fingerprint density at radius 1 is 1.33 bits per heavy atom. The highest BCUT2D eigenvalue weighted by atomic mass is 19.1. The predicted molar refractivity (Wildman–Crippen MR) is 101 cm³/mol. The number of benzene rings is 1. The Hall–Kier alpha value is -1.70. The first-order valence-electron chi connectivity index (χ1n) is 9.72. The number of amides is 1. The molecule has 0 bridgehead atoms. The van der Waals surface area contributed by atoms with Gasteiger partial charge in [-0.2, -0.15) is 0 Å². The number of ether oxygens (including phenoxy) is 1. The van der Waals surface area contributed by atoms with E-state index in [1.165, 1.54) is 13.2 Å². The predicted octanol–water partition coefficient (Wildman–Crippen LogP) is 1.36. The summed E-state index contributed by atoms with van der Waals surface area (Å²) in [6, 6.07) is 4.50. The number of methoxy groups -OCH3 is 1. The van der Waals surface area contributed by atoms with Gasteiger partial charge in [0.2, 0.25) is 0 Å². The molecule has 150 valence electrons. The van der Waals surface area contributed by atoms with Crippen LogP contribution in [0.2, 0.25) is 0 Å². The van der Waals surface area contributed by atoms with E-state index in [-0.39, 0.29) is 18.3 Å². The van der Waals surface area contributed by atoms with Gasteiger partial charge in [0, 0.05) is 25.2 Å². The van der Waals surface area contributed by atoms with Gasteiger partial charge in [-0.05, 0) is 69.4 Å². The minimum absolute atomic E-state index is 0.138. The molecular formula is C20H30FN3O3. The topological polar surface area (TPSA) is 79.0 Å². The van der Waals surface area contributed by atoms with Gasteiger partial charge in [-0.25, -0.2) is 4.39 Å². The molecule has 3 N–H and O–H groups in total. The lowest BCUT2D eigenvalue weighted by atomic mass is 9.89. The number of carbonyl (C=O) groups is 1. The Morgan fingerprint density at radius 3 is 2.74 bits per heavy atom. The third-order valence-corrected chi connectivity index (χ3v) is 5.84. The van der Waals surface area contributed by atoms with Gasteiger partial charge in [0.15, 0.2) is 5.60 Å². The van der Waals surface area contributed by atoms with Gasteiger partial charge in [-0.3, -0.25) is 9.69 Å². The van der Waals surface area contributed by atoms with Gasteiger partial charge in [-0.15, -0.1) is 0 Å². The SMILES string of the molecule is COc1ccc(F)c(CN2CCC[C@](O)(CN3CCC(CN)CC3)C2=O)c1. The van der Waals surface area contributed by atoms with Crippen molar-refractivity contribution >= 4 is 5.91 Å². The molecule has 1 aromatic rings. The first-order valence-corrected chi connectivity index (χ1v) is 9.72. The van der Waals surface area contributed by atoms with Crippen LogP contribution in [0.15, 0.2) is 18.2 Å². The highest BCUT2D eigenvalue weighted by molar-refractivity contribution is 5.86. The van der Waals surface area contributed by atoms with E-state index in [1.54, 1.807) is 17.0 Å². The molecule has 2 heterocycles. The highest BCUT2D eigenvalue weighted by Crippen LogP contribution is 2.28. The molecule has 1 atom stereocenters. The average molecular weight is 379 g/mol. The van der Waals surface area contributed by atoms with Crippen LogP contribution in [0.3, 0.4) is 0 Å². The lowest BCUT2D eigenvalue weighted by Gasteiger charge is -2.42. The van der Waals surface area contributed by atoms with E-state index >= 15 is 0 Å². The van der Waals surface area contributed by atoms with Crippen LogP contribution in [0.25, 0.3) is 0 Å². The van der Waals surface area contributed by atoms with Crippen LogP contribution in [0, 0.1) is 11.7 Å². The molecular weight excluding hydrogens is 349 g/mol. The minimum Gasteiger partial charge on any atom is -0.497 e. The number of hydrogen-bond acceptors (Lipinski definition) is 5.